The van der Waals surface area contributed by atoms with Crippen LogP contribution >= 0.6 is 0 Å². The third-order valence-electron chi connectivity index (χ3n) is 4.44. The van der Waals surface area contributed by atoms with E-state index in [1.165, 1.54) is 0 Å². The molecule has 130 valence electrons. The number of hydrogen-bond acceptors (Lipinski definition) is 7. The summed E-state index contributed by atoms with van der Waals surface area (Å²) in [6.07, 6.45) is 2.40. The molecule has 1 N–H and O–H groups in total. The Labute approximate surface area is 141 Å². The SMILES string of the molecule is COc1nc(C)nc(N2CCC(O)(c3cn(C(C)C)nn3)C2)c1C. The summed E-state index contributed by atoms with van der Waals surface area (Å²) in [5, 5.41) is 19.3. The molecule has 0 aliphatic carbocycles. The normalized spacial score (nSPS) is 20.9. The highest BCUT2D eigenvalue weighted by molar-refractivity contribution is 5.52. The van der Waals surface area contributed by atoms with Crippen LogP contribution in [-0.4, -0.2) is 50.3 Å². The third-order valence-corrected chi connectivity index (χ3v) is 4.44. The molecule has 2 aromatic rings. The second kappa shape index (κ2) is 6.01. The van der Waals surface area contributed by atoms with Gasteiger partial charge in [0.1, 0.15) is 22.9 Å². The van der Waals surface area contributed by atoms with Crippen LogP contribution in [0.25, 0.3) is 0 Å². The van der Waals surface area contributed by atoms with Gasteiger partial charge in [0.15, 0.2) is 0 Å². The number of aryl methyl sites for hydroxylation is 1. The molecule has 3 heterocycles. The Morgan fingerprint density at radius 3 is 2.67 bits per heavy atom. The van der Waals surface area contributed by atoms with Crippen molar-refractivity contribution in [3.8, 4) is 5.88 Å². The summed E-state index contributed by atoms with van der Waals surface area (Å²) >= 11 is 0. The average Bonchev–Trinajstić information content (AvgIpc) is 3.17. The fourth-order valence-electron chi connectivity index (χ4n) is 3.02. The first-order chi connectivity index (χ1) is 11.3. The molecule has 1 unspecified atom stereocenters. The van der Waals surface area contributed by atoms with Crippen LogP contribution in [0.2, 0.25) is 0 Å². The molecule has 1 fully saturated rings. The van der Waals surface area contributed by atoms with Gasteiger partial charge in [0.25, 0.3) is 0 Å². The van der Waals surface area contributed by atoms with Gasteiger partial charge >= 0.3 is 0 Å². The van der Waals surface area contributed by atoms with Gasteiger partial charge < -0.3 is 14.7 Å². The molecule has 1 atom stereocenters. The molecule has 1 aliphatic heterocycles. The Kier molecular flexibility index (Phi) is 4.16. The summed E-state index contributed by atoms with van der Waals surface area (Å²) in [7, 11) is 1.60. The summed E-state index contributed by atoms with van der Waals surface area (Å²) in [5.74, 6) is 2.01. The van der Waals surface area contributed by atoms with Crippen molar-refractivity contribution in [2.24, 2.45) is 0 Å². The van der Waals surface area contributed by atoms with E-state index in [4.69, 9.17) is 4.74 Å². The fraction of sp³-hybridized carbons (Fsp3) is 0.625. The van der Waals surface area contributed by atoms with Crippen molar-refractivity contribution in [3.05, 3.63) is 23.3 Å². The molecule has 3 rings (SSSR count). The van der Waals surface area contributed by atoms with E-state index >= 15 is 0 Å². The van der Waals surface area contributed by atoms with E-state index in [0.29, 0.717) is 36.9 Å². The molecule has 0 saturated carbocycles. The quantitative estimate of drug-likeness (QED) is 0.904. The van der Waals surface area contributed by atoms with Gasteiger partial charge in [-0.05, 0) is 27.7 Å². The largest absolute Gasteiger partial charge is 0.481 e. The smallest absolute Gasteiger partial charge is 0.221 e. The maximum atomic E-state index is 11.0. The molecule has 8 nitrogen and oxygen atoms in total. The van der Waals surface area contributed by atoms with Crippen LogP contribution in [0.15, 0.2) is 6.20 Å². The second-order valence-corrected chi connectivity index (χ2v) is 6.61. The molecule has 1 aliphatic rings. The number of methoxy groups -OCH3 is 1. The first-order valence-corrected chi connectivity index (χ1v) is 8.13. The van der Waals surface area contributed by atoms with E-state index in [9.17, 15) is 5.11 Å². The van der Waals surface area contributed by atoms with E-state index in [-0.39, 0.29) is 6.04 Å². The molecule has 1 saturated heterocycles. The number of aliphatic hydroxyl groups is 1. The summed E-state index contributed by atoms with van der Waals surface area (Å²) in [5.41, 5.74) is 0.457. The van der Waals surface area contributed by atoms with Crippen molar-refractivity contribution < 1.29 is 9.84 Å². The summed E-state index contributed by atoms with van der Waals surface area (Å²) < 4.78 is 7.09. The lowest BCUT2D eigenvalue weighted by molar-refractivity contribution is 0.0558. The van der Waals surface area contributed by atoms with Crippen molar-refractivity contribution in [2.75, 3.05) is 25.1 Å². The highest BCUT2D eigenvalue weighted by Crippen LogP contribution is 2.35. The lowest BCUT2D eigenvalue weighted by atomic mass is 10.00. The van der Waals surface area contributed by atoms with E-state index in [1.54, 1.807) is 11.8 Å². The first-order valence-electron chi connectivity index (χ1n) is 8.13. The lowest BCUT2D eigenvalue weighted by Gasteiger charge is -2.23. The Bertz CT molecular complexity index is 744. The van der Waals surface area contributed by atoms with Gasteiger partial charge in [-0.2, -0.15) is 4.98 Å². The number of ether oxygens (including phenoxy) is 1. The molecule has 24 heavy (non-hydrogen) atoms. The minimum absolute atomic E-state index is 0.211. The molecule has 2 aromatic heterocycles. The van der Waals surface area contributed by atoms with Gasteiger partial charge in [0.2, 0.25) is 5.88 Å². The van der Waals surface area contributed by atoms with E-state index in [0.717, 1.165) is 11.4 Å². The van der Waals surface area contributed by atoms with Crippen LogP contribution in [0.4, 0.5) is 5.82 Å². The molecule has 8 heteroatoms. The minimum Gasteiger partial charge on any atom is -0.481 e. The van der Waals surface area contributed by atoms with Crippen molar-refractivity contribution >= 4 is 5.82 Å². The number of aromatic nitrogens is 5. The highest BCUT2D eigenvalue weighted by Gasteiger charge is 2.41. The summed E-state index contributed by atoms with van der Waals surface area (Å²) in [6, 6.07) is 0.211. The number of β-amino-alcohol motifs (C(OH)–C–C–N with tert-alkyl or cyclic N) is 1. The zero-order valence-corrected chi connectivity index (χ0v) is 14.8. The van der Waals surface area contributed by atoms with Gasteiger partial charge in [0.05, 0.1) is 25.4 Å². The van der Waals surface area contributed by atoms with Crippen LogP contribution in [0, 0.1) is 13.8 Å². The highest BCUT2D eigenvalue weighted by atomic mass is 16.5. The van der Waals surface area contributed by atoms with Crippen LogP contribution in [0.5, 0.6) is 5.88 Å². The Morgan fingerprint density at radius 2 is 2.04 bits per heavy atom. The van der Waals surface area contributed by atoms with Gasteiger partial charge in [-0.3, -0.25) is 0 Å². The molecule has 0 radical (unpaired) electrons. The molecule has 0 spiro atoms. The predicted octanol–water partition coefficient (Wildman–Crippen LogP) is 1.37. The second-order valence-electron chi connectivity index (χ2n) is 6.61. The molecular formula is C16H24N6O2. The molecule has 0 bridgehead atoms. The number of anilines is 1. The van der Waals surface area contributed by atoms with Crippen LogP contribution in [0.1, 0.15) is 43.4 Å². The zero-order valence-electron chi connectivity index (χ0n) is 14.8. The summed E-state index contributed by atoms with van der Waals surface area (Å²) in [4.78, 5) is 10.9. The van der Waals surface area contributed by atoms with Crippen LogP contribution in [0.3, 0.4) is 0 Å². The van der Waals surface area contributed by atoms with Gasteiger partial charge in [0, 0.05) is 19.0 Å². The first kappa shape index (κ1) is 16.6. The third kappa shape index (κ3) is 2.82. The van der Waals surface area contributed by atoms with Crippen LogP contribution < -0.4 is 9.64 Å². The molecular weight excluding hydrogens is 308 g/mol. The van der Waals surface area contributed by atoms with Crippen molar-refractivity contribution in [1.82, 2.24) is 25.0 Å². The van der Waals surface area contributed by atoms with Crippen molar-refractivity contribution in [2.45, 2.75) is 45.8 Å². The number of nitrogens with zero attached hydrogens (tertiary/aromatic N) is 6. The number of hydrogen-bond donors (Lipinski definition) is 1. The van der Waals surface area contributed by atoms with Crippen molar-refractivity contribution in [1.29, 1.82) is 0 Å². The maximum Gasteiger partial charge on any atom is 0.221 e. The Morgan fingerprint density at radius 1 is 1.29 bits per heavy atom. The molecule has 0 aromatic carbocycles. The minimum atomic E-state index is -1.02. The zero-order chi connectivity index (χ0) is 17.5. The van der Waals surface area contributed by atoms with E-state index in [2.05, 4.69) is 25.2 Å². The lowest BCUT2D eigenvalue weighted by Crippen LogP contribution is -2.32. The van der Waals surface area contributed by atoms with E-state index < -0.39 is 5.60 Å². The van der Waals surface area contributed by atoms with Crippen molar-refractivity contribution in [3.63, 3.8) is 0 Å². The van der Waals surface area contributed by atoms with Gasteiger partial charge in [-0.1, -0.05) is 5.21 Å². The predicted molar refractivity (Wildman–Crippen MR) is 89.2 cm³/mol. The van der Waals surface area contributed by atoms with Crippen LogP contribution in [-0.2, 0) is 5.60 Å². The molecule has 0 amide bonds. The monoisotopic (exact) mass is 332 g/mol. The Balaban J connectivity index is 1.88. The fourth-order valence-corrected chi connectivity index (χ4v) is 3.02. The topological polar surface area (TPSA) is 89.2 Å². The standard InChI is InChI=1S/C16H24N6O2/c1-10(2)22-8-13(19-20-22)16(23)6-7-21(9-16)14-11(3)15(24-5)18-12(4)17-14/h8,10,23H,6-7,9H2,1-5H3. The maximum absolute atomic E-state index is 11.0. The van der Waals surface area contributed by atoms with E-state index in [1.807, 2.05) is 33.9 Å². The van der Waals surface area contributed by atoms with Gasteiger partial charge in [-0.15, -0.1) is 5.10 Å². The van der Waals surface area contributed by atoms with Gasteiger partial charge in [-0.25, -0.2) is 9.67 Å². The summed E-state index contributed by atoms with van der Waals surface area (Å²) in [6.45, 7) is 8.93. The Hall–Kier alpha value is -2.22. The number of rotatable bonds is 4. The average molecular weight is 332 g/mol.